The zero-order chi connectivity index (χ0) is 26.4. The Morgan fingerprint density at radius 1 is 1.08 bits per heavy atom. The Bertz CT molecular complexity index is 1690. The number of nitrogens with two attached hydrogens (primary N) is 2. The molecule has 0 radical (unpaired) electrons. The van der Waals surface area contributed by atoms with E-state index < -0.39 is 10.9 Å². The number of pyridine rings is 1. The van der Waals surface area contributed by atoms with Gasteiger partial charge in [-0.1, -0.05) is 6.08 Å². The zero-order valence-corrected chi connectivity index (χ0v) is 20.6. The Morgan fingerprint density at radius 3 is 2.66 bits per heavy atom. The molecular formula is C28H27FN6O3. The number of aromatic amines is 1. The Labute approximate surface area is 217 Å². The van der Waals surface area contributed by atoms with E-state index >= 15 is 0 Å². The monoisotopic (exact) mass is 514 g/mol. The summed E-state index contributed by atoms with van der Waals surface area (Å²) in [5.74, 6) is 0.0997. The third-order valence-corrected chi connectivity index (χ3v) is 7.31. The minimum absolute atomic E-state index is 0.0649. The summed E-state index contributed by atoms with van der Waals surface area (Å²) in [7, 11) is 0. The van der Waals surface area contributed by atoms with Gasteiger partial charge in [0.25, 0.3) is 10.9 Å². The molecule has 0 amide bonds. The van der Waals surface area contributed by atoms with Crippen LogP contribution in [0.4, 0.5) is 15.8 Å². The number of H-pyrrole nitrogens is 1. The van der Waals surface area contributed by atoms with Crippen molar-refractivity contribution in [3.8, 4) is 16.9 Å². The molecule has 4 aromatic rings. The van der Waals surface area contributed by atoms with Gasteiger partial charge in [0.1, 0.15) is 35.2 Å². The molecule has 1 aliphatic heterocycles. The smallest absolute Gasteiger partial charge is 0.253 e. The number of nitrogen functional groups attached to an aromatic ring is 1. The highest BCUT2D eigenvalue weighted by Gasteiger charge is 2.23. The predicted octanol–water partition coefficient (Wildman–Crippen LogP) is 3.09. The molecule has 1 aliphatic carbocycles. The Morgan fingerprint density at radius 2 is 1.95 bits per heavy atom. The molecule has 0 fully saturated rings. The van der Waals surface area contributed by atoms with Gasteiger partial charge in [-0.25, -0.2) is 9.37 Å². The van der Waals surface area contributed by atoms with Crippen LogP contribution in [-0.2, 0) is 0 Å². The van der Waals surface area contributed by atoms with Crippen LogP contribution in [0.3, 0.4) is 0 Å². The van der Waals surface area contributed by atoms with Gasteiger partial charge in [-0.05, 0) is 60.7 Å². The molecule has 6 rings (SSSR count). The first-order valence-corrected chi connectivity index (χ1v) is 12.6. The SMILES string of the molecule is NC1=C(N2CC=C(c3cc4c(-c5cc(F)ccc5OCCNc5c(N)c(=O)c5=O)ccnc4[nH]3)CC2)CC1. The largest absolute Gasteiger partial charge is 0.491 e. The van der Waals surface area contributed by atoms with Crippen LogP contribution >= 0.6 is 0 Å². The summed E-state index contributed by atoms with van der Waals surface area (Å²) in [5.41, 5.74) is 16.9. The number of benzene rings is 1. The lowest BCUT2D eigenvalue weighted by atomic mass is 9.97. The van der Waals surface area contributed by atoms with Gasteiger partial charge < -0.3 is 31.4 Å². The van der Waals surface area contributed by atoms with Crippen molar-refractivity contribution in [3.63, 3.8) is 0 Å². The van der Waals surface area contributed by atoms with Crippen LogP contribution in [-0.4, -0.2) is 41.1 Å². The number of anilines is 2. The van der Waals surface area contributed by atoms with E-state index in [1.807, 2.05) is 6.07 Å². The van der Waals surface area contributed by atoms with Crippen LogP contribution in [0, 0.1) is 5.82 Å². The molecule has 0 saturated heterocycles. The number of nitrogens with zero attached hydrogens (tertiary/aromatic N) is 2. The van der Waals surface area contributed by atoms with Crippen LogP contribution in [0.15, 0.2) is 63.6 Å². The molecule has 3 heterocycles. The van der Waals surface area contributed by atoms with Crippen molar-refractivity contribution in [3.05, 3.63) is 86.0 Å². The number of hydrogen-bond donors (Lipinski definition) is 4. The van der Waals surface area contributed by atoms with Gasteiger partial charge in [0.05, 0.1) is 0 Å². The van der Waals surface area contributed by atoms with Crippen LogP contribution in [0.2, 0.25) is 0 Å². The first kappa shape index (κ1) is 23.8. The lowest BCUT2D eigenvalue weighted by Crippen LogP contribution is -2.37. The summed E-state index contributed by atoms with van der Waals surface area (Å²) < 4.78 is 20.3. The molecule has 2 aromatic carbocycles. The molecule has 0 unspecified atom stereocenters. The molecule has 2 aromatic heterocycles. The molecule has 38 heavy (non-hydrogen) atoms. The topological polar surface area (TPSA) is 139 Å². The number of ether oxygens (including phenoxy) is 1. The number of fused-ring (bicyclic) bond motifs is 1. The second kappa shape index (κ2) is 9.37. The lowest BCUT2D eigenvalue weighted by molar-refractivity contribution is 0.333. The maximum Gasteiger partial charge on any atom is 0.253 e. The van der Waals surface area contributed by atoms with Gasteiger partial charge >= 0.3 is 0 Å². The molecule has 0 atom stereocenters. The summed E-state index contributed by atoms with van der Waals surface area (Å²) in [6.45, 7) is 2.16. The Kier molecular flexibility index (Phi) is 5.86. The van der Waals surface area contributed by atoms with E-state index in [0.29, 0.717) is 17.0 Å². The van der Waals surface area contributed by atoms with Gasteiger partial charge in [-0.15, -0.1) is 0 Å². The molecule has 194 valence electrons. The maximum atomic E-state index is 14.4. The quantitative estimate of drug-likeness (QED) is 0.208. The van der Waals surface area contributed by atoms with Crippen LogP contribution in [0.25, 0.3) is 27.7 Å². The average molecular weight is 515 g/mol. The zero-order valence-electron chi connectivity index (χ0n) is 20.6. The number of allylic oxidation sites excluding steroid dienone is 2. The highest BCUT2D eigenvalue weighted by Crippen LogP contribution is 2.37. The number of aromatic nitrogens is 2. The van der Waals surface area contributed by atoms with Gasteiger partial charge in [0.15, 0.2) is 0 Å². The van der Waals surface area contributed by atoms with E-state index in [-0.39, 0.29) is 30.3 Å². The maximum absolute atomic E-state index is 14.4. The summed E-state index contributed by atoms with van der Waals surface area (Å²) in [4.78, 5) is 33.1. The van der Waals surface area contributed by atoms with Crippen LogP contribution < -0.4 is 32.4 Å². The lowest BCUT2D eigenvalue weighted by Gasteiger charge is -2.35. The fraction of sp³-hybridized carbons (Fsp3) is 0.250. The first-order chi connectivity index (χ1) is 18.4. The second-order valence-corrected chi connectivity index (χ2v) is 9.56. The van der Waals surface area contributed by atoms with E-state index in [4.69, 9.17) is 16.2 Å². The number of halogens is 1. The summed E-state index contributed by atoms with van der Waals surface area (Å²) in [5, 5.41) is 3.69. The summed E-state index contributed by atoms with van der Waals surface area (Å²) in [6.07, 6.45) is 6.82. The number of nitrogens with one attached hydrogen (secondary N) is 2. The fourth-order valence-electron chi connectivity index (χ4n) is 5.10. The van der Waals surface area contributed by atoms with E-state index in [2.05, 4.69) is 32.3 Å². The third kappa shape index (κ3) is 4.07. The molecule has 0 saturated carbocycles. The van der Waals surface area contributed by atoms with Crippen molar-refractivity contribution in [2.24, 2.45) is 5.73 Å². The summed E-state index contributed by atoms with van der Waals surface area (Å²) in [6, 6.07) is 8.25. The van der Waals surface area contributed by atoms with Crippen molar-refractivity contribution in [1.29, 1.82) is 0 Å². The minimum atomic E-state index is -0.677. The minimum Gasteiger partial charge on any atom is -0.491 e. The normalized spacial score (nSPS) is 15.6. The van der Waals surface area contributed by atoms with Crippen molar-refractivity contribution in [1.82, 2.24) is 14.9 Å². The first-order valence-electron chi connectivity index (χ1n) is 12.6. The molecule has 6 N–H and O–H groups in total. The highest BCUT2D eigenvalue weighted by atomic mass is 19.1. The van der Waals surface area contributed by atoms with Crippen molar-refractivity contribution < 1.29 is 9.13 Å². The van der Waals surface area contributed by atoms with Gasteiger partial charge in [-0.2, -0.15) is 0 Å². The van der Waals surface area contributed by atoms with Crippen LogP contribution in [0.1, 0.15) is 25.0 Å². The second-order valence-electron chi connectivity index (χ2n) is 9.56. The van der Waals surface area contributed by atoms with Gasteiger partial charge in [0, 0.05) is 53.9 Å². The molecule has 9 nitrogen and oxygen atoms in total. The van der Waals surface area contributed by atoms with E-state index in [1.165, 1.54) is 23.4 Å². The Balaban J connectivity index is 1.23. The van der Waals surface area contributed by atoms with Crippen LogP contribution in [0.5, 0.6) is 5.75 Å². The standard InChI is InChI=1S/C28H27FN6O3/c29-16-1-4-23(38-12-9-32-25-24(31)26(36)27(25)37)18(13-16)17-5-8-33-28-19(17)14-21(34-28)15-6-10-35(11-7-15)22-3-2-20(22)30/h1,4-6,8,13-14,32H,2-3,7,9-12,30-31H2,(H,33,34). The molecule has 0 bridgehead atoms. The highest BCUT2D eigenvalue weighted by molar-refractivity contribution is 5.96. The molecule has 0 spiro atoms. The molecule has 10 heteroatoms. The summed E-state index contributed by atoms with van der Waals surface area (Å²) >= 11 is 0. The van der Waals surface area contributed by atoms with Crippen molar-refractivity contribution in [2.45, 2.75) is 19.3 Å². The van der Waals surface area contributed by atoms with Crippen molar-refractivity contribution in [2.75, 3.05) is 37.3 Å². The number of hydrogen-bond acceptors (Lipinski definition) is 8. The average Bonchev–Trinajstić information content (AvgIpc) is 3.37. The van der Waals surface area contributed by atoms with E-state index in [1.54, 1.807) is 12.3 Å². The van der Waals surface area contributed by atoms with Gasteiger partial charge in [0.2, 0.25) is 0 Å². The third-order valence-electron chi connectivity index (χ3n) is 7.31. The van der Waals surface area contributed by atoms with E-state index in [9.17, 15) is 14.0 Å². The molecular weight excluding hydrogens is 487 g/mol. The fourth-order valence-corrected chi connectivity index (χ4v) is 5.10. The molecule has 2 aliphatic rings. The van der Waals surface area contributed by atoms with Gasteiger partial charge in [-0.3, -0.25) is 9.59 Å². The number of rotatable bonds is 8. The van der Waals surface area contributed by atoms with E-state index in [0.717, 1.165) is 54.7 Å². The predicted molar refractivity (Wildman–Crippen MR) is 146 cm³/mol. The Hall–Kier alpha value is -4.60. The van der Waals surface area contributed by atoms with Crippen molar-refractivity contribution >= 4 is 28.0 Å².